The van der Waals surface area contributed by atoms with Crippen LogP contribution in [0.25, 0.3) is 0 Å². The Labute approximate surface area is 189 Å². The molecule has 0 amide bonds. The second-order valence-corrected chi connectivity index (χ2v) is 9.79. The number of aliphatic hydroxyl groups excluding tert-OH is 1. The van der Waals surface area contributed by atoms with Gasteiger partial charge in [-0.25, -0.2) is 0 Å². The lowest BCUT2D eigenvalue weighted by molar-refractivity contribution is 0.0723. The Morgan fingerprint density at radius 1 is 1.19 bits per heavy atom. The number of ketones is 1. The van der Waals surface area contributed by atoms with E-state index in [2.05, 4.69) is 6.92 Å². The normalized spacial score (nSPS) is 23.4. The van der Waals surface area contributed by atoms with E-state index in [1.54, 1.807) is 18.2 Å². The zero-order valence-electron chi connectivity index (χ0n) is 17.7. The van der Waals surface area contributed by atoms with Crippen LogP contribution < -0.4 is 5.30 Å². The first-order chi connectivity index (χ1) is 14.9. The monoisotopic (exact) mass is 464 g/mol. The molecule has 168 valence electrons. The molecule has 2 aromatic carbocycles. The molecule has 2 unspecified atom stereocenters. The van der Waals surface area contributed by atoms with Crippen LogP contribution in [0.1, 0.15) is 60.0 Å². The average molecular weight is 465 g/mol. The van der Waals surface area contributed by atoms with E-state index in [9.17, 15) is 19.7 Å². The minimum atomic E-state index is -2.13. The van der Waals surface area contributed by atoms with E-state index in [4.69, 9.17) is 16.3 Å². The molecule has 0 radical (unpaired) electrons. The van der Waals surface area contributed by atoms with Gasteiger partial charge in [0.2, 0.25) is 0 Å². The molecule has 0 bridgehead atoms. The topological polar surface area (TPSA) is 87.0 Å². The minimum absolute atomic E-state index is 0.0608. The van der Waals surface area contributed by atoms with E-state index < -0.39 is 14.5 Å². The molecular weight excluding hydrogens is 435 g/mol. The highest BCUT2D eigenvalue weighted by molar-refractivity contribution is 7.54. The third-order valence-corrected chi connectivity index (χ3v) is 7.14. The van der Waals surface area contributed by atoms with Crippen molar-refractivity contribution >= 4 is 31.1 Å². The lowest BCUT2D eigenvalue weighted by Crippen LogP contribution is -2.23. The second-order valence-electron chi connectivity index (χ2n) is 8.13. The summed E-state index contributed by atoms with van der Waals surface area (Å²) < 4.78 is 5.91. The molecule has 3 N–H and O–H groups in total. The van der Waals surface area contributed by atoms with Crippen LogP contribution in [0.15, 0.2) is 48.5 Å². The molecular formula is C24H30ClO5P. The van der Waals surface area contributed by atoms with E-state index in [1.165, 1.54) is 0 Å². The quantitative estimate of drug-likeness (QED) is 0.278. The van der Waals surface area contributed by atoms with Gasteiger partial charge >= 0.3 is 0 Å². The standard InChI is InChI=1S/C24H30ClO5P/c1-2-3-7-22(26)17-8-10-18(11-9-17)24-20(21(25)13-23(24)27)15-30-14-16-5-4-6-19(12-16)31(28)29/h4-6,8-12,20-21,23-24,27-29H,2-3,7,13-15H2,1H3/t20?,21-,23-,24?/m1/s1. The fraction of sp³-hybridized carbons (Fsp3) is 0.458. The summed E-state index contributed by atoms with van der Waals surface area (Å²) in [6.45, 7) is 2.77. The third kappa shape index (κ3) is 6.35. The summed E-state index contributed by atoms with van der Waals surface area (Å²) in [5.41, 5.74) is 2.52. The Balaban J connectivity index is 1.64. The molecule has 0 aromatic heterocycles. The number of hydrogen-bond acceptors (Lipinski definition) is 5. The maximum absolute atomic E-state index is 12.2. The maximum Gasteiger partial charge on any atom is 0.199 e. The third-order valence-electron chi connectivity index (χ3n) is 5.90. The lowest BCUT2D eigenvalue weighted by atomic mass is 9.87. The van der Waals surface area contributed by atoms with E-state index in [-0.39, 0.29) is 23.0 Å². The van der Waals surface area contributed by atoms with Crippen LogP contribution >= 0.6 is 20.0 Å². The molecule has 0 saturated heterocycles. The van der Waals surface area contributed by atoms with E-state index in [0.717, 1.165) is 24.0 Å². The number of Topliss-reactive ketones (excluding diaryl/α,β-unsaturated/α-hetero) is 1. The first kappa shape index (κ1) is 24.3. The molecule has 0 aliphatic heterocycles. The van der Waals surface area contributed by atoms with E-state index >= 15 is 0 Å². The molecule has 5 nitrogen and oxygen atoms in total. The number of unbranched alkanes of at least 4 members (excludes halogenated alkanes) is 1. The van der Waals surface area contributed by atoms with Gasteiger partial charge in [-0.15, -0.1) is 11.6 Å². The largest absolute Gasteiger partial charge is 0.392 e. The highest BCUT2D eigenvalue weighted by Gasteiger charge is 2.42. The maximum atomic E-state index is 12.2. The van der Waals surface area contributed by atoms with E-state index in [1.807, 2.05) is 30.3 Å². The Kier molecular flexibility index (Phi) is 9.03. The first-order valence-electron chi connectivity index (χ1n) is 10.7. The molecule has 1 aliphatic carbocycles. The number of carbonyl (C=O) groups excluding carboxylic acids is 1. The van der Waals surface area contributed by atoms with Gasteiger partial charge in [0, 0.05) is 34.5 Å². The van der Waals surface area contributed by atoms with Gasteiger partial charge in [-0.1, -0.05) is 49.7 Å². The molecule has 0 spiro atoms. The van der Waals surface area contributed by atoms with Crippen LogP contribution in [-0.4, -0.2) is 38.8 Å². The molecule has 7 heteroatoms. The van der Waals surface area contributed by atoms with Gasteiger partial charge in [-0.3, -0.25) is 4.79 Å². The summed E-state index contributed by atoms with van der Waals surface area (Å²) in [4.78, 5) is 31.0. The van der Waals surface area contributed by atoms with Crippen molar-refractivity contribution < 1.29 is 24.4 Å². The summed E-state index contributed by atoms with van der Waals surface area (Å²) in [6.07, 6.45) is 2.36. The van der Waals surface area contributed by atoms with Gasteiger partial charge in [-0.05, 0) is 36.1 Å². The van der Waals surface area contributed by atoms with Crippen LogP contribution in [-0.2, 0) is 11.3 Å². The number of hydrogen-bond donors (Lipinski definition) is 3. The highest BCUT2D eigenvalue weighted by atomic mass is 35.5. The number of aliphatic hydroxyl groups is 1. The highest BCUT2D eigenvalue weighted by Crippen LogP contribution is 2.43. The van der Waals surface area contributed by atoms with Crippen molar-refractivity contribution in [2.75, 3.05) is 6.61 Å². The van der Waals surface area contributed by atoms with Gasteiger partial charge < -0.3 is 19.6 Å². The lowest BCUT2D eigenvalue weighted by Gasteiger charge is -2.24. The zero-order valence-corrected chi connectivity index (χ0v) is 19.3. The minimum Gasteiger partial charge on any atom is -0.392 e. The van der Waals surface area contributed by atoms with Gasteiger partial charge in [0.05, 0.1) is 19.3 Å². The smallest absolute Gasteiger partial charge is 0.199 e. The van der Waals surface area contributed by atoms with Crippen LogP contribution in [0.4, 0.5) is 0 Å². The molecule has 2 aromatic rings. The van der Waals surface area contributed by atoms with Crippen LogP contribution in [0.3, 0.4) is 0 Å². The van der Waals surface area contributed by atoms with Crippen LogP contribution in [0.2, 0.25) is 0 Å². The summed E-state index contributed by atoms with van der Waals surface area (Å²) >= 11 is 6.55. The SMILES string of the molecule is CCCCC(=O)c1ccc(C2C(COCc3cccc(P(O)O)c3)[C@H](Cl)C[C@H]2O)cc1. The number of benzene rings is 2. The molecule has 3 rings (SSSR count). The summed E-state index contributed by atoms with van der Waals surface area (Å²) in [5.74, 6) is -0.0715. The number of alkyl halides is 1. The second kappa shape index (κ2) is 11.5. The Morgan fingerprint density at radius 3 is 2.61 bits per heavy atom. The number of halogens is 1. The van der Waals surface area contributed by atoms with Gasteiger partial charge in [0.25, 0.3) is 0 Å². The summed E-state index contributed by atoms with van der Waals surface area (Å²) in [6, 6.07) is 14.6. The van der Waals surface area contributed by atoms with Crippen molar-refractivity contribution in [2.24, 2.45) is 5.92 Å². The number of carbonyl (C=O) groups is 1. The van der Waals surface area contributed by atoms with Crippen molar-refractivity contribution in [3.63, 3.8) is 0 Å². The van der Waals surface area contributed by atoms with Crippen molar-refractivity contribution in [3.8, 4) is 0 Å². The van der Waals surface area contributed by atoms with Gasteiger partial charge in [0.1, 0.15) is 0 Å². The van der Waals surface area contributed by atoms with Gasteiger partial charge in [-0.2, -0.15) is 0 Å². The fourth-order valence-electron chi connectivity index (χ4n) is 4.20. The predicted octanol–water partition coefficient (Wildman–Crippen LogP) is 4.27. The Bertz CT molecular complexity index is 857. The zero-order chi connectivity index (χ0) is 22.4. The fourth-order valence-corrected chi connectivity index (χ4v) is 5.11. The van der Waals surface area contributed by atoms with E-state index in [0.29, 0.717) is 36.9 Å². The molecule has 1 fully saturated rings. The number of rotatable bonds is 10. The van der Waals surface area contributed by atoms with Crippen molar-refractivity contribution in [1.29, 1.82) is 0 Å². The van der Waals surface area contributed by atoms with Crippen LogP contribution in [0.5, 0.6) is 0 Å². The summed E-state index contributed by atoms with van der Waals surface area (Å²) in [7, 11) is -2.13. The molecule has 0 heterocycles. The van der Waals surface area contributed by atoms with Crippen molar-refractivity contribution in [1.82, 2.24) is 0 Å². The van der Waals surface area contributed by atoms with Crippen molar-refractivity contribution in [3.05, 3.63) is 65.2 Å². The Morgan fingerprint density at radius 2 is 1.94 bits per heavy atom. The molecule has 1 aliphatic rings. The molecule has 1 saturated carbocycles. The predicted molar refractivity (Wildman–Crippen MR) is 124 cm³/mol. The molecule has 4 atom stereocenters. The van der Waals surface area contributed by atoms with Crippen molar-refractivity contribution in [2.45, 2.75) is 56.6 Å². The first-order valence-corrected chi connectivity index (χ1v) is 12.4. The molecule has 31 heavy (non-hydrogen) atoms. The number of ether oxygens (including phenoxy) is 1. The van der Waals surface area contributed by atoms with Gasteiger partial charge in [0.15, 0.2) is 14.2 Å². The van der Waals surface area contributed by atoms with Crippen LogP contribution in [0, 0.1) is 5.92 Å². The average Bonchev–Trinajstić information content (AvgIpc) is 3.05. The Hall–Kier alpha value is -1.33. The summed E-state index contributed by atoms with van der Waals surface area (Å²) in [5, 5.41) is 10.9.